The van der Waals surface area contributed by atoms with Crippen LogP contribution in [0.1, 0.15) is 6.92 Å². The minimum Gasteiger partial charge on any atom is -0.199 e. The molecule has 56 valence electrons. The number of rotatable bonds is 1. The summed E-state index contributed by atoms with van der Waals surface area (Å²) in [6.45, 7) is -0.0625. The Morgan fingerprint density at radius 3 is 1.44 bits per heavy atom. The second kappa shape index (κ2) is 2.09. The summed E-state index contributed by atoms with van der Waals surface area (Å²) in [5, 5.41) is 0. The van der Waals surface area contributed by atoms with Gasteiger partial charge in [0.05, 0.1) is 0 Å². The van der Waals surface area contributed by atoms with Crippen LogP contribution in [0.15, 0.2) is 0 Å². The molecular weight excluding hydrogens is 147 g/mol. The van der Waals surface area contributed by atoms with Crippen LogP contribution in [-0.2, 0) is 4.94 Å². The highest BCUT2D eigenvalue weighted by Gasteiger charge is 2.55. The lowest BCUT2D eigenvalue weighted by Crippen LogP contribution is -2.38. The summed E-state index contributed by atoms with van der Waals surface area (Å²) in [7, 11) is 0. The van der Waals surface area contributed by atoms with Crippen LogP contribution in [-0.4, -0.2) is 12.0 Å². The molecule has 0 N–H and O–H groups in total. The molecule has 1 nitrogen and oxygen atoms in total. The van der Waals surface area contributed by atoms with E-state index in [1.165, 1.54) is 0 Å². The fourth-order valence-corrected chi connectivity index (χ4v) is 0.0437. The highest BCUT2D eigenvalue weighted by Crippen LogP contribution is 2.34. The second-order valence-electron chi connectivity index (χ2n) is 1.49. The van der Waals surface area contributed by atoms with Crippen molar-refractivity contribution in [3.8, 4) is 0 Å². The second-order valence-corrected chi connectivity index (χ2v) is 1.49. The summed E-state index contributed by atoms with van der Waals surface area (Å²) < 4.78 is 55.6. The van der Waals surface area contributed by atoms with E-state index >= 15 is 0 Å². The summed E-state index contributed by atoms with van der Waals surface area (Å²) in [6.07, 6.45) is -5.32. The molecule has 0 saturated carbocycles. The van der Waals surface area contributed by atoms with Crippen LogP contribution >= 0.6 is 0 Å². The van der Waals surface area contributed by atoms with E-state index < -0.39 is 12.0 Å². The minimum absolute atomic E-state index is 0.0625. The molecule has 0 heterocycles. The zero-order chi connectivity index (χ0) is 7.71. The standard InChI is InChI=1S/C3H3F5O/c1-2(4,9-8)3(5,6)7/h1H3. The summed E-state index contributed by atoms with van der Waals surface area (Å²) in [5.41, 5.74) is 0. The molecule has 6 heteroatoms. The average Bonchev–Trinajstić information content (AvgIpc) is 1.64. The molecule has 0 aliphatic rings. The minimum atomic E-state index is -5.32. The molecule has 0 rings (SSSR count). The van der Waals surface area contributed by atoms with Crippen molar-refractivity contribution in [1.82, 2.24) is 0 Å². The molecule has 9 heavy (non-hydrogen) atoms. The number of hydrogen-bond acceptors (Lipinski definition) is 1. The first-order chi connectivity index (χ1) is 3.81. The predicted molar refractivity (Wildman–Crippen MR) is 17.8 cm³/mol. The average molecular weight is 150 g/mol. The van der Waals surface area contributed by atoms with Gasteiger partial charge >= 0.3 is 12.0 Å². The molecule has 0 aromatic heterocycles. The summed E-state index contributed by atoms with van der Waals surface area (Å²) in [6, 6.07) is 0. The van der Waals surface area contributed by atoms with Crippen LogP contribution in [0.2, 0.25) is 0 Å². The molecular formula is C3H3F5O. The van der Waals surface area contributed by atoms with Gasteiger partial charge in [-0.3, -0.25) is 0 Å². The molecule has 0 aliphatic heterocycles. The Labute approximate surface area is 47.3 Å². The predicted octanol–water partition coefficient (Wildman–Crippen LogP) is 2.14. The topological polar surface area (TPSA) is 9.23 Å². The van der Waals surface area contributed by atoms with Crippen LogP contribution in [0.25, 0.3) is 0 Å². The molecule has 0 radical (unpaired) electrons. The third-order valence-corrected chi connectivity index (χ3v) is 0.651. The van der Waals surface area contributed by atoms with Crippen molar-refractivity contribution >= 4 is 0 Å². The van der Waals surface area contributed by atoms with Crippen LogP contribution in [0.3, 0.4) is 0 Å². The Morgan fingerprint density at radius 1 is 1.11 bits per heavy atom. The zero-order valence-electron chi connectivity index (χ0n) is 4.30. The van der Waals surface area contributed by atoms with Gasteiger partial charge in [-0.2, -0.15) is 17.6 Å². The summed E-state index contributed by atoms with van der Waals surface area (Å²) in [4.78, 5) is 2.01. The first-order valence-corrected chi connectivity index (χ1v) is 1.86. The van der Waals surface area contributed by atoms with Gasteiger partial charge in [0.1, 0.15) is 0 Å². The van der Waals surface area contributed by atoms with Crippen molar-refractivity contribution in [2.24, 2.45) is 0 Å². The molecule has 0 spiro atoms. The zero-order valence-corrected chi connectivity index (χ0v) is 4.30. The number of alkyl halides is 4. The molecule has 0 aromatic carbocycles. The normalized spacial score (nSPS) is 19.3. The molecule has 1 unspecified atom stereocenters. The van der Waals surface area contributed by atoms with Crippen molar-refractivity contribution in [1.29, 1.82) is 0 Å². The number of halogens is 5. The maximum absolute atomic E-state index is 11.6. The van der Waals surface area contributed by atoms with E-state index in [9.17, 15) is 22.1 Å². The summed E-state index contributed by atoms with van der Waals surface area (Å²) in [5.74, 6) is -4.19. The Balaban J connectivity index is 4.14. The molecule has 0 saturated heterocycles. The van der Waals surface area contributed by atoms with Gasteiger partial charge in [-0.1, -0.05) is 0 Å². The molecule has 0 bridgehead atoms. The van der Waals surface area contributed by atoms with Gasteiger partial charge in [0.25, 0.3) is 0 Å². The van der Waals surface area contributed by atoms with E-state index in [-0.39, 0.29) is 6.92 Å². The van der Waals surface area contributed by atoms with Gasteiger partial charge in [0, 0.05) is 6.92 Å². The first-order valence-electron chi connectivity index (χ1n) is 1.86. The van der Waals surface area contributed by atoms with Gasteiger partial charge in [0.2, 0.25) is 0 Å². The van der Waals surface area contributed by atoms with E-state index in [2.05, 4.69) is 0 Å². The van der Waals surface area contributed by atoms with E-state index in [1.54, 1.807) is 0 Å². The fraction of sp³-hybridized carbons (Fsp3) is 1.00. The molecule has 0 aromatic rings. The Bertz CT molecular complexity index is 94.9. The van der Waals surface area contributed by atoms with Gasteiger partial charge in [0.15, 0.2) is 0 Å². The molecule has 0 fully saturated rings. The highest BCUT2D eigenvalue weighted by molar-refractivity contribution is 4.68. The van der Waals surface area contributed by atoms with E-state index in [1.807, 2.05) is 4.94 Å². The van der Waals surface area contributed by atoms with Gasteiger partial charge in [-0.15, -0.1) is 4.94 Å². The van der Waals surface area contributed by atoms with Gasteiger partial charge in [-0.25, -0.2) is 0 Å². The van der Waals surface area contributed by atoms with Crippen molar-refractivity contribution in [3.05, 3.63) is 0 Å². The lowest BCUT2D eigenvalue weighted by Gasteiger charge is -2.17. The first kappa shape index (κ1) is 8.61. The van der Waals surface area contributed by atoms with Gasteiger partial charge in [-0.05, 0) is 4.53 Å². The highest BCUT2D eigenvalue weighted by atomic mass is 19.4. The smallest absolute Gasteiger partial charge is 0.199 e. The van der Waals surface area contributed by atoms with Crippen molar-refractivity contribution in [2.45, 2.75) is 19.0 Å². The Hall–Kier alpha value is -0.390. The Kier molecular flexibility index (Phi) is 2.00. The van der Waals surface area contributed by atoms with E-state index in [0.29, 0.717) is 0 Å². The van der Waals surface area contributed by atoms with E-state index in [4.69, 9.17) is 0 Å². The van der Waals surface area contributed by atoms with Crippen molar-refractivity contribution in [3.63, 3.8) is 0 Å². The third-order valence-electron chi connectivity index (χ3n) is 0.651. The molecule has 0 amide bonds. The molecule has 0 aliphatic carbocycles. The Morgan fingerprint density at radius 2 is 1.44 bits per heavy atom. The van der Waals surface area contributed by atoms with Crippen molar-refractivity contribution < 1.29 is 27.0 Å². The fourth-order valence-electron chi connectivity index (χ4n) is 0.0437. The quantitative estimate of drug-likeness (QED) is 0.520. The maximum Gasteiger partial charge on any atom is 0.451 e. The van der Waals surface area contributed by atoms with Crippen LogP contribution < -0.4 is 0 Å². The van der Waals surface area contributed by atoms with Crippen molar-refractivity contribution in [2.75, 3.05) is 0 Å². The van der Waals surface area contributed by atoms with E-state index in [0.717, 1.165) is 0 Å². The van der Waals surface area contributed by atoms with Crippen LogP contribution in [0, 0.1) is 0 Å². The largest absolute Gasteiger partial charge is 0.451 e. The van der Waals surface area contributed by atoms with Gasteiger partial charge < -0.3 is 0 Å². The number of hydrogen-bond donors (Lipinski definition) is 0. The maximum atomic E-state index is 11.6. The molecule has 1 atom stereocenters. The van der Waals surface area contributed by atoms with Crippen LogP contribution in [0.4, 0.5) is 22.1 Å². The monoisotopic (exact) mass is 150 g/mol. The lowest BCUT2D eigenvalue weighted by molar-refractivity contribution is -0.393. The SMILES string of the molecule is CC(F)(OF)C(F)(F)F. The lowest BCUT2D eigenvalue weighted by atomic mass is 10.4. The third kappa shape index (κ3) is 1.78. The summed E-state index contributed by atoms with van der Waals surface area (Å²) >= 11 is 0. The van der Waals surface area contributed by atoms with Crippen LogP contribution in [0.5, 0.6) is 0 Å².